The molecule has 0 bridgehead atoms. The monoisotopic (exact) mass is 283 g/mol. The highest BCUT2D eigenvalue weighted by atomic mass is 16.4. The molecule has 2 aromatic rings. The standard InChI is InChI=1S/C15H13N3O3/c19-14(20)2-1-12-7-13(10-17-8-12)15(21)18-9-11-3-5-16-6-4-11/h1-8,10H,9H2,(H,18,21)(H,19,20). The molecule has 2 heterocycles. The third-order valence-electron chi connectivity index (χ3n) is 2.64. The number of carbonyl (C=O) groups excluding carboxylic acids is 1. The van der Waals surface area contributed by atoms with Crippen LogP contribution in [-0.2, 0) is 11.3 Å². The first-order chi connectivity index (χ1) is 10.1. The van der Waals surface area contributed by atoms with Gasteiger partial charge in [0.2, 0.25) is 0 Å². The fourth-order valence-corrected chi connectivity index (χ4v) is 1.63. The van der Waals surface area contributed by atoms with E-state index < -0.39 is 5.97 Å². The van der Waals surface area contributed by atoms with Crippen molar-refractivity contribution in [3.63, 3.8) is 0 Å². The number of rotatable bonds is 5. The maximum absolute atomic E-state index is 12.0. The number of hydrogen-bond donors (Lipinski definition) is 2. The second-order valence-electron chi connectivity index (χ2n) is 4.22. The molecule has 0 radical (unpaired) electrons. The number of hydrogen-bond acceptors (Lipinski definition) is 4. The van der Waals surface area contributed by atoms with Gasteiger partial charge >= 0.3 is 5.97 Å². The van der Waals surface area contributed by atoms with Gasteiger partial charge < -0.3 is 10.4 Å². The average Bonchev–Trinajstić information content (AvgIpc) is 2.52. The Morgan fingerprint density at radius 3 is 2.67 bits per heavy atom. The van der Waals surface area contributed by atoms with Crippen LogP contribution in [0, 0.1) is 0 Å². The topological polar surface area (TPSA) is 92.2 Å². The van der Waals surface area contributed by atoms with Gasteiger partial charge in [-0.1, -0.05) is 0 Å². The predicted octanol–water partition coefficient (Wildman–Crippen LogP) is 1.50. The zero-order valence-corrected chi connectivity index (χ0v) is 11.1. The number of pyridine rings is 2. The van der Waals surface area contributed by atoms with Crippen molar-refractivity contribution in [2.75, 3.05) is 0 Å². The molecular weight excluding hydrogens is 270 g/mol. The van der Waals surface area contributed by atoms with Crippen molar-refractivity contribution < 1.29 is 14.7 Å². The van der Waals surface area contributed by atoms with E-state index in [4.69, 9.17) is 5.11 Å². The van der Waals surface area contributed by atoms with E-state index in [1.807, 2.05) is 12.1 Å². The van der Waals surface area contributed by atoms with Crippen molar-refractivity contribution >= 4 is 18.0 Å². The Bertz CT molecular complexity index is 669. The highest BCUT2D eigenvalue weighted by Gasteiger charge is 2.06. The van der Waals surface area contributed by atoms with E-state index >= 15 is 0 Å². The first-order valence-corrected chi connectivity index (χ1v) is 6.18. The summed E-state index contributed by atoms with van der Waals surface area (Å²) in [6, 6.07) is 5.20. The maximum atomic E-state index is 12.0. The zero-order chi connectivity index (χ0) is 15.1. The molecule has 106 valence electrons. The summed E-state index contributed by atoms with van der Waals surface area (Å²) in [7, 11) is 0. The van der Waals surface area contributed by atoms with Crippen molar-refractivity contribution in [1.29, 1.82) is 0 Å². The molecule has 0 saturated heterocycles. The molecule has 6 nitrogen and oxygen atoms in total. The molecule has 1 amide bonds. The summed E-state index contributed by atoms with van der Waals surface area (Å²) in [5.74, 6) is -1.33. The van der Waals surface area contributed by atoms with Crippen LogP contribution in [0.3, 0.4) is 0 Å². The number of nitrogens with one attached hydrogen (secondary N) is 1. The Morgan fingerprint density at radius 2 is 1.95 bits per heavy atom. The van der Waals surface area contributed by atoms with Gasteiger partial charge in [0.25, 0.3) is 5.91 Å². The highest BCUT2D eigenvalue weighted by molar-refractivity contribution is 5.94. The van der Waals surface area contributed by atoms with Gasteiger partial charge in [-0.25, -0.2) is 4.79 Å². The van der Waals surface area contributed by atoms with E-state index in [9.17, 15) is 9.59 Å². The molecule has 0 aliphatic heterocycles. The first-order valence-electron chi connectivity index (χ1n) is 6.18. The first kappa shape index (κ1) is 14.4. The third-order valence-corrected chi connectivity index (χ3v) is 2.64. The Balaban J connectivity index is 2.02. The minimum Gasteiger partial charge on any atom is -0.478 e. The van der Waals surface area contributed by atoms with Crippen LogP contribution in [0.2, 0.25) is 0 Å². The molecule has 0 saturated carbocycles. The number of carboxylic acid groups (broad SMARTS) is 1. The van der Waals surface area contributed by atoms with Crippen LogP contribution in [0.5, 0.6) is 0 Å². The minimum atomic E-state index is -1.05. The Kier molecular flexibility index (Phi) is 4.76. The van der Waals surface area contributed by atoms with Crippen LogP contribution < -0.4 is 5.32 Å². The fourth-order valence-electron chi connectivity index (χ4n) is 1.63. The van der Waals surface area contributed by atoms with Crippen molar-refractivity contribution in [3.8, 4) is 0 Å². The molecular formula is C15H13N3O3. The molecule has 21 heavy (non-hydrogen) atoms. The number of aromatic nitrogens is 2. The summed E-state index contributed by atoms with van der Waals surface area (Å²) in [6.07, 6.45) is 8.60. The van der Waals surface area contributed by atoms with Crippen molar-refractivity contribution in [2.45, 2.75) is 6.54 Å². The van der Waals surface area contributed by atoms with E-state index in [1.54, 1.807) is 18.5 Å². The lowest BCUT2D eigenvalue weighted by molar-refractivity contribution is -0.131. The van der Waals surface area contributed by atoms with Gasteiger partial charge in [-0.15, -0.1) is 0 Å². The second kappa shape index (κ2) is 6.95. The quantitative estimate of drug-likeness (QED) is 0.811. The van der Waals surface area contributed by atoms with Gasteiger partial charge in [-0.05, 0) is 35.4 Å². The van der Waals surface area contributed by atoms with Crippen LogP contribution in [0.15, 0.2) is 49.1 Å². The van der Waals surface area contributed by atoms with Gasteiger partial charge in [0.1, 0.15) is 0 Å². The molecule has 0 aliphatic carbocycles. The maximum Gasteiger partial charge on any atom is 0.328 e. The van der Waals surface area contributed by atoms with E-state index in [0.29, 0.717) is 17.7 Å². The molecule has 2 N–H and O–H groups in total. The number of aliphatic carboxylic acids is 1. The average molecular weight is 283 g/mol. The van der Waals surface area contributed by atoms with Gasteiger partial charge in [0.15, 0.2) is 0 Å². The van der Waals surface area contributed by atoms with E-state index in [1.165, 1.54) is 18.5 Å². The normalized spacial score (nSPS) is 10.5. The largest absolute Gasteiger partial charge is 0.478 e. The lowest BCUT2D eigenvalue weighted by atomic mass is 10.2. The van der Waals surface area contributed by atoms with Crippen molar-refractivity contribution in [3.05, 3.63) is 65.8 Å². The summed E-state index contributed by atoms with van der Waals surface area (Å²) in [4.78, 5) is 30.3. The lowest BCUT2D eigenvalue weighted by Crippen LogP contribution is -2.23. The smallest absolute Gasteiger partial charge is 0.328 e. The number of carboxylic acids is 1. The summed E-state index contributed by atoms with van der Waals surface area (Å²) in [5.41, 5.74) is 1.86. The highest BCUT2D eigenvalue weighted by Crippen LogP contribution is 2.05. The molecule has 2 aromatic heterocycles. The molecule has 0 spiro atoms. The van der Waals surface area contributed by atoms with Gasteiger partial charge in [-0.2, -0.15) is 0 Å². The Labute approximate surface area is 121 Å². The third kappa shape index (κ3) is 4.54. The van der Waals surface area contributed by atoms with Crippen LogP contribution in [0.4, 0.5) is 0 Å². The summed E-state index contributed by atoms with van der Waals surface area (Å²) >= 11 is 0. The molecule has 0 unspecified atom stereocenters. The van der Waals surface area contributed by atoms with Gasteiger partial charge in [0, 0.05) is 37.4 Å². The van der Waals surface area contributed by atoms with Crippen molar-refractivity contribution in [2.24, 2.45) is 0 Å². The minimum absolute atomic E-state index is 0.273. The SMILES string of the molecule is O=C(O)C=Cc1cncc(C(=O)NCc2ccncc2)c1. The predicted molar refractivity (Wildman–Crippen MR) is 76.3 cm³/mol. The van der Waals surface area contributed by atoms with Crippen LogP contribution in [-0.4, -0.2) is 27.0 Å². The lowest BCUT2D eigenvalue weighted by Gasteiger charge is -2.05. The van der Waals surface area contributed by atoms with E-state index in [0.717, 1.165) is 11.6 Å². The van der Waals surface area contributed by atoms with Gasteiger partial charge in [-0.3, -0.25) is 14.8 Å². The fraction of sp³-hybridized carbons (Fsp3) is 0.0667. The molecule has 6 heteroatoms. The van der Waals surface area contributed by atoms with Gasteiger partial charge in [0.05, 0.1) is 5.56 Å². The molecule has 0 aromatic carbocycles. The van der Waals surface area contributed by atoms with E-state index in [-0.39, 0.29) is 5.91 Å². The molecule has 2 rings (SSSR count). The van der Waals surface area contributed by atoms with Crippen LogP contribution in [0.25, 0.3) is 6.08 Å². The summed E-state index contributed by atoms with van der Waals surface area (Å²) in [6.45, 7) is 0.385. The molecule has 0 aliphatic rings. The second-order valence-corrected chi connectivity index (χ2v) is 4.22. The number of carbonyl (C=O) groups is 2. The zero-order valence-electron chi connectivity index (χ0n) is 11.1. The van der Waals surface area contributed by atoms with Crippen LogP contribution >= 0.6 is 0 Å². The summed E-state index contributed by atoms with van der Waals surface area (Å²) in [5, 5.41) is 11.3. The summed E-state index contributed by atoms with van der Waals surface area (Å²) < 4.78 is 0. The number of amides is 1. The molecule has 0 fully saturated rings. The Morgan fingerprint density at radius 1 is 1.19 bits per heavy atom. The van der Waals surface area contributed by atoms with Crippen molar-refractivity contribution in [1.82, 2.24) is 15.3 Å². The number of nitrogens with zero attached hydrogens (tertiary/aromatic N) is 2. The Hall–Kier alpha value is -3.02. The molecule has 0 atom stereocenters. The van der Waals surface area contributed by atoms with E-state index in [2.05, 4.69) is 15.3 Å². The van der Waals surface area contributed by atoms with Crippen LogP contribution in [0.1, 0.15) is 21.5 Å².